The van der Waals surface area contributed by atoms with Crippen molar-refractivity contribution in [3.05, 3.63) is 34.5 Å². The average Bonchev–Trinajstić information content (AvgIpc) is 2.68. The van der Waals surface area contributed by atoms with E-state index in [2.05, 4.69) is 49.8 Å². The SMILES string of the molecule is Cc1ccc(C)c2c1c(C)c(C1CCNCC1)n2C. The van der Waals surface area contributed by atoms with E-state index < -0.39 is 0 Å². The highest BCUT2D eigenvalue weighted by atomic mass is 15.0. The van der Waals surface area contributed by atoms with Gasteiger partial charge in [0.2, 0.25) is 0 Å². The predicted octanol–water partition coefficient (Wildman–Crippen LogP) is 3.57. The Morgan fingerprint density at radius 1 is 1.05 bits per heavy atom. The summed E-state index contributed by atoms with van der Waals surface area (Å²) in [6.45, 7) is 9.09. The Labute approximate surface area is 115 Å². The first-order chi connectivity index (χ1) is 9.11. The van der Waals surface area contributed by atoms with E-state index in [0.717, 1.165) is 19.0 Å². The van der Waals surface area contributed by atoms with E-state index in [0.29, 0.717) is 0 Å². The number of benzene rings is 1. The summed E-state index contributed by atoms with van der Waals surface area (Å²) in [7, 11) is 2.25. The number of aryl methyl sites for hydroxylation is 4. The number of rotatable bonds is 1. The van der Waals surface area contributed by atoms with Crippen molar-refractivity contribution < 1.29 is 0 Å². The van der Waals surface area contributed by atoms with Gasteiger partial charge >= 0.3 is 0 Å². The van der Waals surface area contributed by atoms with Crippen molar-refractivity contribution in [2.24, 2.45) is 7.05 Å². The molecule has 3 rings (SSSR count). The molecule has 1 aromatic heterocycles. The number of nitrogens with zero attached hydrogens (tertiary/aromatic N) is 1. The van der Waals surface area contributed by atoms with Gasteiger partial charge in [-0.2, -0.15) is 0 Å². The fourth-order valence-corrected chi connectivity index (χ4v) is 3.88. The summed E-state index contributed by atoms with van der Waals surface area (Å²) in [4.78, 5) is 0. The molecule has 0 saturated carbocycles. The molecule has 0 bridgehead atoms. The second kappa shape index (κ2) is 4.68. The van der Waals surface area contributed by atoms with Crippen LogP contribution in [-0.4, -0.2) is 17.7 Å². The predicted molar refractivity (Wildman–Crippen MR) is 82.0 cm³/mol. The molecule has 0 unspecified atom stereocenters. The van der Waals surface area contributed by atoms with Gasteiger partial charge in [0.15, 0.2) is 0 Å². The largest absolute Gasteiger partial charge is 0.347 e. The molecular formula is C17H24N2. The van der Waals surface area contributed by atoms with E-state index in [-0.39, 0.29) is 0 Å². The Kier molecular flexibility index (Phi) is 3.14. The summed E-state index contributed by atoms with van der Waals surface area (Å²) in [5.74, 6) is 0.720. The molecule has 2 heterocycles. The van der Waals surface area contributed by atoms with E-state index in [1.165, 1.54) is 40.4 Å². The van der Waals surface area contributed by atoms with Crippen molar-refractivity contribution >= 4 is 10.9 Å². The zero-order valence-electron chi connectivity index (χ0n) is 12.5. The van der Waals surface area contributed by atoms with E-state index in [9.17, 15) is 0 Å². The van der Waals surface area contributed by atoms with Crippen LogP contribution in [0.3, 0.4) is 0 Å². The molecule has 2 heteroatoms. The van der Waals surface area contributed by atoms with E-state index in [1.54, 1.807) is 5.69 Å². The summed E-state index contributed by atoms with van der Waals surface area (Å²) >= 11 is 0. The molecule has 2 nitrogen and oxygen atoms in total. The van der Waals surface area contributed by atoms with Crippen molar-refractivity contribution in [3.63, 3.8) is 0 Å². The molecule has 0 amide bonds. The van der Waals surface area contributed by atoms with Gasteiger partial charge in [-0.1, -0.05) is 12.1 Å². The molecule has 0 aliphatic carbocycles. The molecule has 1 fully saturated rings. The minimum atomic E-state index is 0.720. The van der Waals surface area contributed by atoms with Gasteiger partial charge in [-0.15, -0.1) is 0 Å². The summed E-state index contributed by atoms with van der Waals surface area (Å²) in [5, 5.41) is 4.95. The minimum absolute atomic E-state index is 0.720. The minimum Gasteiger partial charge on any atom is -0.347 e. The highest BCUT2D eigenvalue weighted by Gasteiger charge is 2.23. The first-order valence-corrected chi connectivity index (χ1v) is 7.37. The first kappa shape index (κ1) is 12.7. The molecule has 0 spiro atoms. The Morgan fingerprint density at radius 3 is 2.32 bits per heavy atom. The van der Waals surface area contributed by atoms with E-state index >= 15 is 0 Å². The lowest BCUT2D eigenvalue weighted by atomic mass is 9.91. The van der Waals surface area contributed by atoms with Crippen molar-refractivity contribution in [3.8, 4) is 0 Å². The molecule has 1 aromatic carbocycles. The number of hydrogen-bond acceptors (Lipinski definition) is 1. The number of nitrogens with one attached hydrogen (secondary N) is 1. The standard InChI is InChI=1S/C17H24N2/c1-11-5-6-12(2)16-15(11)13(3)17(19(16)4)14-7-9-18-10-8-14/h5-6,14,18H,7-10H2,1-4H3. The van der Waals surface area contributed by atoms with Crippen LogP contribution in [0.5, 0.6) is 0 Å². The summed E-state index contributed by atoms with van der Waals surface area (Å²) in [5.41, 5.74) is 7.31. The third-order valence-electron chi connectivity index (χ3n) is 4.77. The number of fused-ring (bicyclic) bond motifs is 1. The zero-order chi connectivity index (χ0) is 13.6. The molecule has 1 aliphatic rings. The van der Waals surface area contributed by atoms with Crippen molar-refractivity contribution in [1.82, 2.24) is 9.88 Å². The van der Waals surface area contributed by atoms with Crippen LogP contribution >= 0.6 is 0 Å². The van der Waals surface area contributed by atoms with E-state index in [4.69, 9.17) is 0 Å². The second-order valence-corrected chi connectivity index (χ2v) is 6.02. The average molecular weight is 256 g/mol. The molecule has 19 heavy (non-hydrogen) atoms. The van der Waals surface area contributed by atoms with Gasteiger partial charge in [-0.05, 0) is 63.4 Å². The van der Waals surface area contributed by atoms with Crippen LogP contribution in [0, 0.1) is 20.8 Å². The molecule has 1 saturated heterocycles. The van der Waals surface area contributed by atoms with Crippen LogP contribution < -0.4 is 5.32 Å². The maximum absolute atomic E-state index is 3.47. The number of hydrogen-bond donors (Lipinski definition) is 1. The summed E-state index contributed by atoms with van der Waals surface area (Å²) in [6, 6.07) is 4.51. The van der Waals surface area contributed by atoms with Crippen LogP contribution in [0.1, 0.15) is 41.1 Å². The number of piperidine rings is 1. The number of aromatic nitrogens is 1. The fraction of sp³-hybridized carbons (Fsp3) is 0.529. The van der Waals surface area contributed by atoms with Crippen LogP contribution in [0.25, 0.3) is 10.9 Å². The molecule has 2 aromatic rings. The van der Waals surface area contributed by atoms with Crippen molar-refractivity contribution in [2.75, 3.05) is 13.1 Å². The topological polar surface area (TPSA) is 17.0 Å². The zero-order valence-corrected chi connectivity index (χ0v) is 12.5. The Morgan fingerprint density at radius 2 is 1.68 bits per heavy atom. The molecule has 102 valence electrons. The van der Waals surface area contributed by atoms with Crippen LogP contribution in [0.2, 0.25) is 0 Å². The van der Waals surface area contributed by atoms with Crippen LogP contribution in [0.4, 0.5) is 0 Å². The quantitative estimate of drug-likeness (QED) is 0.825. The maximum Gasteiger partial charge on any atom is 0.0515 e. The van der Waals surface area contributed by atoms with Crippen LogP contribution in [-0.2, 0) is 7.05 Å². The molecular weight excluding hydrogens is 232 g/mol. The van der Waals surface area contributed by atoms with Gasteiger partial charge in [-0.25, -0.2) is 0 Å². The fourth-order valence-electron chi connectivity index (χ4n) is 3.88. The van der Waals surface area contributed by atoms with Crippen LogP contribution in [0.15, 0.2) is 12.1 Å². The Hall–Kier alpha value is -1.28. The molecule has 0 atom stereocenters. The van der Waals surface area contributed by atoms with Gasteiger partial charge in [-0.3, -0.25) is 0 Å². The lowest BCUT2D eigenvalue weighted by molar-refractivity contribution is 0.445. The van der Waals surface area contributed by atoms with Crippen molar-refractivity contribution in [1.29, 1.82) is 0 Å². The van der Waals surface area contributed by atoms with E-state index in [1.807, 2.05) is 0 Å². The Bertz CT molecular complexity index is 571. The molecule has 1 aliphatic heterocycles. The molecule has 1 N–H and O–H groups in total. The lowest BCUT2D eigenvalue weighted by Crippen LogP contribution is -2.27. The van der Waals surface area contributed by atoms with Gasteiger partial charge in [0, 0.05) is 24.0 Å². The van der Waals surface area contributed by atoms with Gasteiger partial charge < -0.3 is 9.88 Å². The van der Waals surface area contributed by atoms with Crippen molar-refractivity contribution in [2.45, 2.75) is 39.5 Å². The summed E-state index contributed by atoms with van der Waals surface area (Å²) < 4.78 is 2.46. The molecule has 0 radical (unpaired) electrons. The monoisotopic (exact) mass is 256 g/mol. The van der Waals surface area contributed by atoms with Gasteiger partial charge in [0.25, 0.3) is 0 Å². The highest BCUT2D eigenvalue weighted by molar-refractivity contribution is 5.91. The lowest BCUT2D eigenvalue weighted by Gasteiger charge is -2.24. The first-order valence-electron chi connectivity index (χ1n) is 7.37. The maximum atomic E-state index is 3.47. The third-order valence-corrected chi connectivity index (χ3v) is 4.77. The Balaban J connectivity index is 2.25. The summed E-state index contributed by atoms with van der Waals surface area (Å²) in [6.07, 6.45) is 2.53. The van der Waals surface area contributed by atoms with Gasteiger partial charge in [0.05, 0.1) is 5.52 Å². The van der Waals surface area contributed by atoms with Gasteiger partial charge in [0.1, 0.15) is 0 Å². The second-order valence-electron chi connectivity index (χ2n) is 6.02. The smallest absolute Gasteiger partial charge is 0.0515 e. The normalized spacial score (nSPS) is 17.3. The third kappa shape index (κ3) is 1.90. The highest BCUT2D eigenvalue weighted by Crippen LogP contribution is 2.36.